The molecule has 1 saturated heterocycles. The van der Waals surface area contributed by atoms with E-state index < -0.39 is 5.60 Å². The Morgan fingerprint density at radius 2 is 2.17 bits per heavy atom. The molecule has 1 aliphatic rings. The summed E-state index contributed by atoms with van der Waals surface area (Å²) in [6.45, 7) is 7.67. The first-order valence-corrected chi connectivity index (χ1v) is 8.36. The van der Waals surface area contributed by atoms with Gasteiger partial charge < -0.3 is 15.8 Å². The zero-order valence-electron chi connectivity index (χ0n) is 14.0. The van der Waals surface area contributed by atoms with Crippen LogP contribution in [0.15, 0.2) is 24.3 Å². The molecule has 23 heavy (non-hydrogen) atoms. The molecule has 128 valence electrons. The minimum absolute atomic E-state index is 0.0640. The van der Waals surface area contributed by atoms with Crippen LogP contribution in [0.3, 0.4) is 0 Å². The predicted molar refractivity (Wildman–Crippen MR) is 92.6 cm³/mol. The minimum Gasteiger partial charge on any atom is -0.444 e. The molecule has 1 fully saturated rings. The maximum atomic E-state index is 11.9. The van der Waals surface area contributed by atoms with E-state index in [9.17, 15) is 4.79 Å². The summed E-state index contributed by atoms with van der Waals surface area (Å²) in [5.41, 5.74) is 6.52. The first-order chi connectivity index (χ1) is 10.8. The van der Waals surface area contributed by atoms with E-state index in [1.165, 1.54) is 0 Å². The van der Waals surface area contributed by atoms with E-state index in [0.29, 0.717) is 6.54 Å². The predicted octanol–water partition coefficient (Wildman–Crippen LogP) is 2.94. The van der Waals surface area contributed by atoms with Gasteiger partial charge in [-0.2, -0.15) is 0 Å². The van der Waals surface area contributed by atoms with Gasteiger partial charge in [-0.05, 0) is 38.8 Å². The second-order valence-corrected chi connectivity index (χ2v) is 7.31. The summed E-state index contributed by atoms with van der Waals surface area (Å²) in [7, 11) is 0. The van der Waals surface area contributed by atoms with Crippen LogP contribution in [-0.2, 0) is 4.74 Å². The van der Waals surface area contributed by atoms with E-state index in [1.807, 2.05) is 45.0 Å². The number of benzene rings is 1. The summed E-state index contributed by atoms with van der Waals surface area (Å²) in [5.74, 6) is 0. The number of alkyl carbamates (subject to hydrolysis) is 1. The lowest BCUT2D eigenvalue weighted by molar-refractivity contribution is 0.0504. The monoisotopic (exact) mass is 339 g/mol. The number of rotatable bonds is 4. The van der Waals surface area contributed by atoms with Crippen LogP contribution in [0.25, 0.3) is 0 Å². The number of carbonyl (C=O) groups excluding carboxylic acids is 1. The number of nitrogens with zero attached hydrogens (tertiary/aromatic N) is 1. The molecule has 0 aromatic heterocycles. The number of ether oxygens (including phenoxy) is 1. The van der Waals surface area contributed by atoms with Crippen LogP contribution in [0.4, 0.5) is 4.79 Å². The lowest BCUT2D eigenvalue weighted by atomic mass is 10.1. The van der Waals surface area contributed by atoms with Crippen LogP contribution in [0.1, 0.15) is 38.8 Å². The second-order valence-electron chi connectivity index (χ2n) is 6.90. The van der Waals surface area contributed by atoms with Crippen LogP contribution < -0.4 is 11.1 Å². The Balaban J connectivity index is 1.96. The van der Waals surface area contributed by atoms with Gasteiger partial charge in [0.25, 0.3) is 0 Å². The third-order valence-electron chi connectivity index (χ3n) is 3.87. The van der Waals surface area contributed by atoms with Crippen molar-refractivity contribution >= 4 is 17.7 Å². The molecule has 1 unspecified atom stereocenters. The average Bonchev–Trinajstić information content (AvgIpc) is 2.87. The normalized spacial score (nSPS) is 20.3. The molecule has 5 nitrogen and oxygen atoms in total. The lowest BCUT2D eigenvalue weighted by Gasteiger charge is -2.28. The first kappa shape index (κ1) is 18.0. The molecule has 1 aromatic carbocycles. The number of nitrogens with two attached hydrogens (primary N) is 1. The molecule has 2 atom stereocenters. The Hall–Kier alpha value is -1.30. The smallest absolute Gasteiger partial charge is 0.407 e. The molecule has 2 rings (SSSR count). The highest BCUT2D eigenvalue weighted by molar-refractivity contribution is 6.31. The van der Waals surface area contributed by atoms with Crippen molar-refractivity contribution in [2.24, 2.45) is 5.73 Å². The molecule has 0 aliphatic carbocycles. The van der Waals surface area contributed by atoms with Gasteiger partial charge in [-0.1, -0.05) is 29.8 Å². The summed E-state index contributed by atoms with van der Waals surface area (Å²) in [6, 6.07) is 7.91. The van der Waals surface area contributed by atoms with E-state index in [-0.39, 0.29) is 18.2 Å². The molecule has 1 heterocycles. The number of nitrogens with one attached hydrogen (secondary N) is 1. The molecular formula is C17H26ClN3O2. The number of carbonyl (C=O) groups is 1. The van der Waals surface area contributed by atoms with Gasteiger partial charge in [0.15, 0.2) is 0 Å². The van der Waals surface area contributed by atoms with Gasteiger partial charge in [0, 0.05) is 36.7 Å². The molecule has 0 spiro atoms. The van der Waals surface area contributed by atoms with E-state index in [1.54, 1.807) is 0 Å². The highest BCUT2D eigenvalue weighted by atomic mass is 35.5. The highest BCUT2D eigenvalue weighted by Crippen LogP contribution is 2.29. The van der Waals surface area contributed by atoms with Crippen LogP contribution in [-0.4, -0.2) is 42.3 Å². The van der Waals surface area contributed by atoms with E-state index in [2.05, 4.69) is 10.2 Å². The molecule has 3 N–H and O–H groups in total. The van der Waals surface area contributed by atoms with Crippen molar-refractivity contribution in [1.29, 1.82) is 0 Å². The zero-order chi connectivity index (χ0) is 17.0. The van der Waals surface area contributed by atoms with Gasteiger partial charge in [-0.15, -0.1) is 0 Å². The van der Waals surface area contributed by atoms with Gasteiger partial charge in [0.05, 0.1) is 0 Å². The van der Waals surface area contributed by atoms with E-state index >= 15 is 0 Å². The van der Waals surface area contributed by atoms with Crippen LogP contribution >= 0.6 is 11.6 Å². The van der Waals surface area contributed by atoms with E-state index in [0.717, 1.165) is 30.1 Å². The summed E-state index contributed by atoms with van der Waals surface area (Å²) in [6.07, 6.45) is 0.506. The standard InChI is InChI=1S/C17H26ClN3O2/c1-17(2,3)23-16(22)20-12-8-9-21(11-12)15(10-19)13-6-4-5-7-14(13)18/h4-7,12,15H,8-11,19H2,1-3H3,(H,20,22)/t12?,15-/m1/s1. The van der Waals surface area contributed by atoms with Crippen molar-refractivity contribution in [3.8, 4) is 0 Å². The molecule has 1 aromatic rings. The summed E-state index contributed by atoms with van der Waals surface area (Å²) < 4.78 is 5.31. The van der Waals surface area contributed by atoms with Crippen molar-refractivity contribution in [2.75, 3.05) is 19.6 Å². The van der Waals surface area contributed by atoms with Crippen molar-refractivity contribution in [3.05, 3.63) is 34.9 Å². The fourth-order valence-electron chi connectivity index (χ4n) is 2.88. The molecule has 0 saturated carbocycles. The molecule has 1 amide bonds. The Morgan fingerprint density at radius 3 is 2.78 bits per heavy atom. The number of hydrogen-bond donors (Lipinski definition) is 2. The maximum absolute atomic E-state index is 11.9. The van der Waals surface area contributed by atoms with Gasteiger partial charge in [-0.3, -0.25) is 4.90 Å². The Morgan fingerprint density at radius 1 is 1.48 bits per heavy atom. The minimum atomic E-state index is -0.486. The van der Waals surface area contributed by atoms with Gasteiger partial charge in [-0.25, -0.2) is 4.79 Å². The van der Waals surface area contributed by atoms with Crippen LogP contribution in [0.5, 0.6) is 0 Å². The molecular weight excluding hydrogens is 314 g/mol. The van der Waals surface area contributed by atoms with Crippen LogP contribution in [0.2, 0.25) is 5.02 Å². The fourth-order valence-corrected chi connectivity index (χ4v) is 3.14. The van der Waals surface area contributed by atoms with Crippen molar-refractivity contribution in [1.82, 2.24) is 10.2 Å². The second kappa shape index (κ2) is 7.51. The largest absolute Gasteiger partial charge is 0.444 e. The third-order valence-corrected chi connectivity index (χ3v) is 4.21. The van der Waals surface area contributed by atoms with Gasteiger partial charge in [0.1, 0.15) is 5.60 Å². The molecule has 0 bridgehead atoms. The summed E-state index contributed by atoms with van der Waals surface area (Å²) >= 11 is 6.30. The number of hydrogen-bond acceptors (Lipinski definition) is 4. The molecule has 1 aliphatic heterocycles. The zero-order valence-corrected chi connectivity index (χ0v) is 14.8. The molecule has 6 heteroatoms. The number of likely N-dealkylation sites (tertiary alicyclic amines) is 1. The topological polar surface area (TPSA) is 67.6 Å². The van der Waals surface area contributed by atoms with Gasteiger partial charge >= 0.3 is 6.09 Å². The maximum Gasteiger partial charge on any atom is 0.407 e. The highest BCUT2D eigenvalue weighted by Gasteiger charge is 2.31. The van der Waals surface area contributed by atoms with Crippen molar-refractivity contribution in [3.63, 3.8) is 0 Å². The average molecular weight is 340 g/mol. The van der Waals surface area contributed by atoms with E-state index in [4.69, 9.17) is 22.1 Å². The number of amides is 1. The Labute approximate surface area is 143 Å². The van der Waals surface area contributed by atoms with Crippen LogP contribution in [0, 0.1) is 0 Å². The Bertz CT molecular complexity index is 545. The quantitative estimate of drug-likeness (QED) is 0.885. The van der Waals surface area contributed by atoms with Gasteiger partial charge in [0.2, 0.25) is 0 Å². The van der Waals surface area contributed by atoms with Crippen molar-refractivity contribution in [2.45, 2.75) is 44.9 Å². The Kier molecular flexibility index (Phi) is 5.89. The molecule has 0 radical (unpaired) electrons. The SMILES string of the molecule is CC(C)(C)OC(=O)NC1CCN([C@H](CN)c2ccccc2Cl)C1. The van der Waals surface area contributed by atoms with Crippen molar-refractivity contribution < 1.29 is 9.53 Å². The summed E-state index contributed by atoms with van der Waals surface area (Å²) in [4.78, 5) is 14.2. The first-order valence-electron chi connectivity index (χ1n) is 7.98. The third kappa shape index (κ3) is 5.09. The lowest BCUT2D eigenvalue weighted by Crippen LogP contribution is -2.41. The summed E-state index contributed by atoms with van der Waals surface area (Å²) in [5, 5.41) is 3.66. The fraction of sp³-hybridized carbons (Fsp3) is 0.588. The number of halogens is 1.